The summed E-state index contributed by atoms with van der Waals surface area (Å²) >= 11 is 0. The van der Waals surface area contributed by atoms with Crippen molar-refractivity contribution >= 4 is 0 Å². The van der Waals surface area contributed by atoms with E-state index in [2.05, 4.69) is 69.6 Å². The fourth-order valence-corrected chi connectivity index (χ4v) is 2.51. The van der Waals surface area contributed by atoms with Crippen LogP contribution in [0.5, 0.6) is 0 Å². The highest BCUT2D eigenvalue weighted by Gasteiger charge is 2.20. The number of nitrogens with zero attached hydrogens (tertiary/aromatic N) is 2. The Morgan fingerprint density at radius 2 is 1.61 bits per heavy atom. The first kappa shape index (κ1) is 12.9. The molecule has 0 amide bonds. The summed E-state index contributed by atoms with van der Waals surface area (Å²) in [4.78, 5) is 0. The number of hydrogen-bond acceptors (Lipinski definition) is 1. The van der Waals surface area contributed by atoms with E-state index in [4.69, 9.17) is 5.10 Å². The number of aryl methyl sites for hydroxylation is 1. The standard InChI is InChI=1S/C16H22N2/c1-11(2)15-13(5)17-18(12(3)4)16(15)14-9-7-6-8-10-14/h6-12H,1-5H3. The van der Waals surface area contributed by atoms with E-state index in [1.807, 2.05) is 0 Å². The molecule has 2 rings (SSSR count). The molecule has 2 nitrogen and oxygen atoms in total. The van der Waals surface area contributed by atoms with Gasteiger partial charge in [-0.15, -0.1) is 0 Å². The van der Waals surface area contributed by atoms with E-state index in [1.54, 1.807) is 0 Å². The Labute approximate surface area is 110 Å². The van der Waals surface area contributed by atoms with E-state index in [1.165, 1.54) is 16.8 Å². The van der Waals surface area contributed by atoms with Gasteiger partial charge in [-0.25, -0.2) is 0 Å². The zero-order valence-corrected chi connectivity index (χ0v) is 11.9. The second-order valence-corrected chi connectivity index (χ2v) is 5.41. The third-order valence-electron chi connectivity index (χ3n) is 3.25. The molecular weight excluding hydrogens is 220 g/mol. The number of benzene rings is 1. The Morgan fingerprint density at radius 1 is 1.00 bits per heavy atom. The molecule has 2 heteroatoms. The summed E-state index contributed by atoms with van der Waals surface area (Å²) in [6, 6.07) is 11.0. The molecule has 0 spiro atoms. The zero-order chi connectivity index (χ0) is 13.3. The predicted octanol–water partition coefficient (Wildman–Crippen LogP) is 4.56. The van der Waals surface area contributed by atoms with Crippen molar-refractivity contribution in [3.63, 3.8) is 0 Å². The van der Waals surface area contributed by atoms with Gasteiger partial charge in [0, 0.05) is 17.2 Å². The van der Waals surface area contributed by atoms with Crippen molar-refractivity contribution in [2.75, 3.05) is 0 Å². The van der Waals surface area contributed by atoms with Crippen LogP contribution in [0.2, 0.25) is 0 Å². The van der Waals surface area contributed by atoms with E-state index >= 15 is 0 Å². The third-order valence-corrected chi connectivity index (χ3v) is 3.25. The lowest BCUT2D eigenvalue weighted by molar-refractivity contribution is 0.535. The maximum absolute atomic E-state index is 4.72. The molecule has 0 saturated heterocycles. The van der Waals surface area contributed by atoms with Gasteiger partial charge < -0.3 is 0 Å². The lowest BCUT2D eigenvalue weighted by Gasteiger charge is -2.14. The van der Waals surface area contributed by atoms with Gasteiger partial charge in [0.05, 0.1) is 11.4 Å². The van der Waals surface area contributed by atoms with Gasteiger partial charge in [0.15, 0.2) is 0 Å². The van der Waals surface area contributed by atoms with Gasteiger partial charge >= 0.3 is 0 Å². The first-order valence-corrected chi connectivity index (χ1v) is 6.66. The molecule has 0 bridgehead atoms. The van der Waals surface area contributed by atoms with E-state index in [0.29, 0.717) is 12.0 Å². The van der Waals surface area contributed by atoms with Crippen molar-refractivity contribution in [1.29, 1.82) is 0 Å². The molecule has 0 radical (unpaired) electrons. The predicted molar refractivity (Wildman–Crippen MR) is 76.9 cm³/mol. The fraction of sp³-hybridized carbons (Fsp3) is 0.438. The molecule has 1 aromatic heterocycles. The average Bonchev–Trinajstić information content (AvgIpc) is 2.68. The summed E-state index contributed by atoms with van der Waals surface area (Å²) in [5, 5.41) is 4.72. The second kappa shape index (κ2) is 4.97. The second-order valence-electron chi connectivity index (χ2n) is 5.41. The van der Waals surface area contributed by atoms with Gasteiger partial charge in [0.1, 0.15) is 0 Å². The van der Waals surface area contributed by atoms with Gasteiger partial charge in [-0.1, -0.05) is 44.2 Å². The zero-order valence-electron chi connectivity index (χ0n) is 11.9. The molecule has 2 aromatic rings. The van der Waals surface area contributed by atoms with Gasteiger partial charge in [0.25, 0.3) is 0 Å². The van der Waals surface area contributed by atoms with Crippen LogP contribution in [0, 0.1) is 6.92 Å². The minimum Gasteiger partial charge on any atom is -0.262 e. The molecule has 0 aliphatic rings. The first-order chi connectivity index (χ1) is 8.52. The Morgan fingerprint density at radius 3 is 2.11 bits per heavy atom. The van der Waals surface area contributed by atoms with Crippen LogP contribution >= 0.6 is 0 Å². The van der Waals surface area contributed by atoms with Crippen LogP contribution in [0.1, 0.15) is 50.9 Å². The largest absolute Gasteiger partial charge is 0.262 e. The molecule has 0 N–H and O–H groups in total. The number of aromatic nitrogens is 2. The molecule has 0 saturated carbocycles. The quantitative estimate of drug-likeness (QED) is 0.771. The summed E-state index contributed by atoms with van der Waals surface area (Å²) in [5.41, 5.74) is 5.06. The molecule has 0 unspecified atom stereocenters. The highest BCUT2D eigenvalue weighted by molar-refractivity contribution is 5.65. The van der Waals surface area contributed by atoms with Crippen molar-refractivity contribution in [2.45, 2.75) is 46.6 Å². The van der Waals surface area contributed by atoms with Gasteiger partial charge in [0.2, 0.25) is 0 Å². The fourth-order valence-electron chi connectivity index (χ4n) is 2.51. The molecule has 0 fully saturated rings. The summed E-state index contributed by atoms with van der Waals surface area (Å²) < 4.78 is 2.15. The Bertz CT molecular complexity index is 522. The Kier molecular flexibility index (Phi) is 3.55. The maximum atomic E-state index is 4.72. The van der Waals surface area contributed by atoms with Crippen molar-refractivity contribution in [3.05, 3.63) is 41.6 Å². The lowest BCUT2D eigenvalue weighted by atomic mass is 9.96. The highest BCUT2D eigenvalue weighted by atomic mass is 15.3. The molecule has 0 aliphatic heterocycles. The van der Waals surface area contributed by atoms with Crippen molar-refractivity contribution < 1.29 is 0 Å². The topological polar surface area (TPSA) is 17.8 Å². The van der Waals surface area contributed by atoms with E-state index in [-0.39, 0.29) is 0 Å². The monoisotopic (exact) mass is 242 g/mol. The van der Waals surface area contributed by atoms with Gasteiger partial charge in [-0.2, -0.15) is 5.10 Å². The molecule has 1 heterocycles. The smallest absolute Gasteiger partial charge is 0.0722 e. The Hall–Kier alpha value is -1.57. The summed E-state index contributed by atoms with van der Waals surface area (Å²) in [6.07, 6.45) is 0. The lowest BCUT2D eigenvalue weighted by Crippen LogP contribution is -2.05. The average molecular weight is 242 g/mol. The third kappa shape index (κ3) is 2.20. The Balaban J connectivity index is 2.70. The molecular formula is C16H22N2. The van der Waals surface area contributed by atoms with Crippen molar-refractivity contribution in [2.24, 2.45) is 0 Å². The van der Waals surface area contributed by atoms with Crippen LogP contribution in [-0.4, -0.2) is 9.78 Å². The van der Waals surface area contributed by atoms with Crippen LogP contribution in [0.15, 0.2) is 30.3 Å². The van der Waals surface area contributed by atoms with E-state index < -0.39 is 0 Å². The summed E-state index contributed by atoms with van der Waals surface area (Å²) in [6.45, 7) is 11.0. The van der Waals surface area contributed by atoms with E-state index in [9.17, 15) is 0 Å². The van der Waals surface area contributed by atoms with Crippen LogP contribution in [0.4, 0.5) is 0 Å². The van der Waals surface area contributed by atoms with Crippen LogP contribution in [0.3, 0.4) is 0 Å². The summed E-state index contributed by atoms with van der Waals surface area (Å²) in [7, 11) is 0. The van der Waals surface area contributed by atoms with Gasteiger partial charge in [-0.3, -0.25) is 4.68 Å². The van der Waals surface area contributed by atoms with Crippen molar-refractivity contribution in [1.82, 2.24) is 9.78 Å². The van der Waals surface area contributed by atoms with Crippen LogP contribution in [0.25, 0.3) is 11.3 Å². The molecule has 1 aromatic carbocycles. The minimum atomic E-state index is 0.381. The summed E-state index contributed by atoms with van der Waals surface area (Å²) in [5.74, 6) is 0.493. The molecule has 0 atom stereocenters. The van der Waals surface area contributed by atoms with Gasteiger partial charge in [-0.05, 0) is 26.7 Å². The SMILES string of the molecule is Cc1nn(C(C)C)c(-c2ccccc2)c1C(C)C. The van der Waals surface area contributed by atoms with Crippen LogP contribution < -0.4 is 0 Å². The van der Waals surface area contributed by atoms with E-state index in [0.717, 1.165) is 5.69 Å². The van der Waals surface area contributed by atoms with Crippen molar-refractivity contribution in [3.8, 4) is 11.3 Å². The molecule has 96 valence electrons. The minimum absolute atomic E-state index is 0.381. The molecule has 0 aliphatic carbocycles. The van der Waals surface area contributed by atoms with Crippen LogP contribution in [-0.2, 0) is 0 Å². The highest BCUT2D eigenvalue weighted by Crippen LogP contribution is 2.33. The maximum Gasteiger partial charge on any atom is 0.0722 e. The number of rotatable bonds is 3. The number of hydrogen-bond donors (Lipinski definition) is 0. The normalized spacial score (nSPS) is 11.5. The molecule has 18 heavy (non-hydrogen) atoms. The first-order valence-electron chi connectivity index (χ1n) is 6.66.